The second-order valence-electron chi connectivity index (χ2n) is 5.58. The van der Waals surface area contributed by atoms with Crippen LogP contribution in [-0.4, -0.2) is 43.5 Å². The van der Waals surface area contributed by atoms with Crippen LogP contribution in [0, 0.1) is 12.8 Å². The maximum Gasteiger partial charge on any atom is 0.323 e. The van der Waals surface area contributed by atoms with E-state index in [1.54, 1.807) is 18.2 Å². The molecule has 6 nitrogen and oxygen atoms in total. The van der Waals surface area contributed by atoms with Gasteiger partial charge in [-0.05, 0) is 37.5 Å². The Morgan fingerprint density at radius 3 is 2.45 bits per heavy atom. The van der Waals surface area contributed by atoms with Gasteiger partial charge in [-0.1, -0.05) is 12.1 Å². The van der Waals surface area contributed by atoms with Crippen molar-refractivity contribution in [3.05, 3.63) is 29.8 Å². The fourth-order valence-electron chi connectivity index (χ4n) is 2.58. The van der Waals surface area contributed by atoms with E-state index in [2.05, 4.69) is 0 Å². The number of carboxylic acids is 1. The number of anilines is 1. The van der Waals surface area contributed by atoms with E-state index in [4.69, 9.17) is 5.11 Å². The molecule has 0 atom stereocenters. The Morgan fingerprint density at radius 1 is 1.27 bits per heavy atom. The highest BCUT2D eigenvalue weighted by atomic mass is 32.2. The predicted octanol–water partition coefficient (Wildman–Crippen LogP) is 1.24. The molecule has 0 radical (unpaired) electrons. The Hall–Kier alpha value is -1.89. The Morgan fingerprint density at radius 2 is 1.91 bits per heavy atom. The summed E-state index contributed by atoms with van der Waals surface area (Å²) in [4.78, 5) is 24.9. The molecule has 1 aliphatic heterocycles. The van der Waals surface area contributed by atoms with Crippen molar-refractivity contribution in [1.82, 2.24) is 0 Å². The number of aryl methyl sites for hydroxylation is 1. The van der Waals surface area contributed by atoms with Crippen molar-refractivity contribution in [2.24, 2.45) is 5.92 Å². The van der Waals surface area contributed by atoms with E-state index in [1.165, 1.54) is 4.90 Å². The minimum Gasteiger partial charge on any atom is -0.480 e. The van der Waals surface area contributed by atoms with E-state index >= 15 is 0 Å². The first-order valence-corrected chi connectivity index (χ1v) is 8.91. The van der Waals surface area contributed by atoms with Crippen LogP contribution in [0.2, 0.25) is 0 Å². The third kappa shape index (κ3) is 4.07. The SMILES string of the molecule is Cc1cccc(N(CC(=O)O)C(=O)C2CCS(=O)(=O)CC2)c1. The van der Waals surface area contributed by atoms with Gasteiger partial charge < -0.3 is 10.0 Å². The Bertz CT molecular complexity index is 669. The number of carboxylic acid groups (broad SMARTS) is 1. The zero-order chi connectivity index (χ0) is 16.3. The summed E-state index contributed by atoms with van der Waals surface area (Å²) < 4.78 is 22.9. The van der Waals surface area contributed by atoms with Gasteiger partial charge in [0.2, 0.25) is 5.91 Å². The van der Waals surface area contributed by atoms with Gasteiger partial charge in [-0.2, -0.15) is 0 Å². The molecule has 1 heterocycles. The summed E-state index contributed by atoms with van der Waals surface area (Å²) in [6, 6.07) is 7.06. The van der Waals surface area contributed by atoms with Crippen LogP contribution in [0.15, 0.2) is 24.3 Å². The molecule has 0 unspecified atom stereocenters. The smallest absolute Gasteiger partial charge is 0.323 e. The average Bonchev–Trinajstić information content (AvgIpc) is 2.44. The monoisotopic (exact) mass is 325 g/mol. The molecular weight excluding hydrogens is 306 g/mol. The quantitative estimate of drug-likeness (QED) is 0.899. The van der Waals surface area contributed by atoms with Crippen molar-refractivity contribution in [3.63, 3.8) is 0 Å². The molecule has 0 saturated carbocycles. The van der Waals surface area contributed by atoms with E-state index in [-0.39, 0.29) is 30.3 Å². The van der Waals surface area contributed by atoms with Gasteiger partial charge in [0.25, 0.3) is 0 Å². The summed E-state index contributed by atoms with van der Waals surface area (Å²) in [7, 11) is -3.06. The van der Waals surface area contributed by atoms with Crippen LogP contribution in [0.4, 0.5) is 5.69 Å². The van der Waals surface area contributed by atoms with Crippen molar-refractivity contribution in [1.29, 1.82) is 0 Å². The number of rotatable bonds is 4. The largest absolute Gasteiger partial charge is 0.480 e. The maximum absolute atomic E-state index is 12.6. The summed E-state index contributed by atoms with van der Waals surface area (Å²) in [5.41, 5.74) is 1.45. The number of carbonyl (C=O) groups is 2. The number of nitrogens with zero attached hydrogens (tertiary/aromatic N) is 1. The number of hydrogen-bond acceptors (Lipinski definition) is 4. The molecule has 0 aliphatic carbocycles. The van der Waals surface area contributed by atoms with Gasteiger partial charge in [0.15, 0.2) is 0 Å². The van der Waals surface area contributed by atoms with E-state index in [0.29, 0.717) is 5.69 Å². The lowest BCUT2D eigenvalue weighted by atomic mass is 10.0. The number of amides is 1. The standard InChI is InChI=1S/C15H19NO5S/c1-11-3-2-4-13(9-11)16(10-14(17)18)15(19)12-5-7-22(20,21)8-6-12/h2-4,9,12H,5-8,10H2,1H3,(H,17,18). The molecule has 1 fully saturated rings. The van der Waals surface area contributed by atoms with Crippen LogP contribution in [0.25, 0.3) is 0 Å². The first kappa shape index (κ1) is 16.5. The number of carbonyl (C=O) groups excluding carboxylic acids is 1. The lowest BCUT2D eigenvalue weighted by Crippen LogP contribution is -2.42. The fraction of sp³-hybridized carbons (Fsp3) is 0.467. The molecule has 1 aromatic carbocycles. The highest BCUT2D eigenvalue weighted by molar-refractivity contribution is 7.91. The minimum atomic E-state index is -3.06. The molecule has 1 N–H and O–H groups in total. The Kier molecular flexibility index (Phi) is 4.85. The zero-order valence-corrected chi connectivity index (χ0v) is 13.2. The van der Waals surface area contributed by atoms with Crippen LogP contribution < -0.4 is 4.90 Å². The van der Waals surface area contributed by atoms with E-state index in [1.807, 2.05) is 13.0 Å². The van der Waals surface area contributed by atoms with Crippen molar-refractivity contribution >= 4 is 27.4 Å². The first-order valence-electron chi connectivity index (χ1n) is 7.09. The number of hydrogen-bond donors (Lipinski definition) is 1. The first-order chi connectivity index (χ1) is 10.3. The van der Waals surface area contributed by atoms with E-state index in [0.717, 1.165) is 5.56 Å². The van der Waals surface area contributed by atoms with E-state index < -0.39 is 28.3 Å². The van der Waals surface area contributed by atoms with Crippen molar-refractivity contribution in [2.75, 3.05) is 23.0 Å². The van der Waals surface area contributed by atoms with Gasteiger partial charge in [-0.25, -0.2) is 8.42 Å². The highest BCUT2D eigenvalue weighted by Crippen LogP contribution is 2.25. The second kappa shape index (κ2) is 6.48. The van der Waals surface area contributed by atoms with Crippen LogP contribution in [0.1, 0.15) is 18.4 Å². The molecule has 1 amide bonds. The van der Waals surface area contributed by atoms with Gasteiger partial charge in [0.1, 0.15) is 16.4 Å². The highest BCUT2D eigenvalue weighted by Gasteiger charge is 2.32. The molecule has 1 saturated heterocycles. The lowest BCUT2D eigenvalue weighted by Gasteiger charge is -2.28. The molecule has 2 rings (SSSR count). The van der Waals surface area contributed by atoms with Crippen LogP contribution in [0.5, 0.6) is 0 Å². The predicted molar refractivity (Wildman–Crippen MR) is 82.5 cm³/mol. The van der Waals surface area contributed by atoms with Gasteiger partial charge >= 0.3 is 5.97 Å². The molecule has 0 spiro atoms. The van der Waals surface area contributed by atoms with Gasteiger partial charge in [0, 0.05) is 11.6 Å². The minimum absolute atomic E-state index is 0.0157. The third-order valence-corrected chi connectivity index (χ3v) is 5.49. The topological polar surface area (TPSA) is 91.8 Å². The summed E-state index contributed by atoms with van der Waals surface area (Å²) in [5, 5.41) is 9.06. The average molecular weight is 325 g/mol. The third-order valence-electron chi connectivity index (χ3n) is 3.78. The summed E-state index contributed by atoms with van der Waals surface area (Å²) in [6.45, 7) is 1.44. The van der Waals surface area contributed by atoms with Gasteiger partial charge in [0.05, 0.1) is 11.5 Å². The molecule has 120 valence electrons. The van der Waals surface area contributed by atoms with E-state index in [9.17, 15) is 18.0 Å². The Labute approximate surface area is 129 Å². The molecule has 0 aromatic heterocycles. The molecule has 1 aliphatic rings. The zero-order valence-electron chi connectivity index (χ0n) is 12.4. The molecule has 22 heavy (non-hydrogen) atoms. The fourth-order valence-corrected chi connectivity index (χ4v) is 4.08. The number of aliphatic carboxylic acids is 1. The molecule has 7 heteroatoms. The van der Waals surface area contributed by atoms with Crippen LogP contribution in [-0.2, 0) is 19.4 Å². The number of benzene rings is 1. The van der Waals surface area contributed by atoms with Gasteiger partial charge in [-0.15, -0.1) is 0 Å². The number of sulfone groups is 1. The summed E-state index contributed by atoms with van der Waals surface area (Å²) in [5.74, 6) is -1.89. The Balaban J connectivity index is 2.22. The van der Waals surface area contributed by atoms with Crippen LogP contribution >= 0.6 is 0 Å². The molecule has 0 bridgehead atoms. The van der Waals surface area contributed by atoms with Crippen molar-refractivity contribution < 1.29 is 23.1 Å². The molecular formula is C15H19NO5S. The second-order valence-corrected chi connectivity index (χ2v) is 7.89. The maximum atomic E-state index is 12.6. The normalized spacial score (nSPS) is 17.9. The van der Waals surface area contributed by atoms with Gasteiger partial charge in [-0.3, -0.25) is 9.59 Å². The van der Waals surface area contributed by atoms with Crippen LogP contribution in [0.3, 0.4) is 0 Å². The molecule has 1 aromatic rings. The van der Waals surface area contributed by atoms with Crippen molar-refractivity contribution in [2.45, 2.75) is 19.8 Å². The summed E-state index contributed by atoms with van der Waals surface area (Å²) in [6.07, 6.45) is 0.506. The summed E-state index contributed by atoms with van der Waals surface area (Å²) >= 11 is 0. The van der Waals surface area contributed by atoms with Crippen molar-refractivity contribution in [3.8, 4) is 0 Å². The lowest BCUT2D eigenvalue weighted by molar-refractivity contribution is -0.137.